The SMILES string of the molecule is CCNCc1ccc(N2CCOCC2C)cc1Cl. The molecule has 2 rings (SSSR count). The van der Waals surface area contributed by atoms with Gasteiger partial charge in [-0.05, 0) is 31.2 Å². The molecule has 1 atom stereocenters. The van der Waals surface area contributed by atoms with Crippen LogP contribution < -0.4 is 10.2 Å². The molecule has 1 aliphatic rings. The van der Waals surface area contributed by atoms with Crippen molar-refractivity contribution < 1.29 is 4.74 Å². The van der Waals surface area contributed by atoms with Gasteiger partial charge in [-0.1, -0.05) is 24.6 Å². The van der Waals surface area contributed by atoms with Crippen LogP contribution in [0.3, 0.4) is 0 Å². The molecule has 0 spiro atoms. The number of ether oxygens (including phenoxy) is 1. The van der Waals surface area contributed by atoms with Crippen LogP contribution in [0.4, 0.5) is 5.69 Å². The van der Waals surface area contributed by atoms with Crippen LogP contribution in [0.1, 0.15) is 19.4 Å². The van der Waals surface area contributed by atoms with Crippen LogP contribution in [-0.2, 0) is 11.3 Å². The van der Waals surface area contributed by atoms with Gasteiger partial charge in [-0.15, -0.1) is 0 Å². The highest BCUT2D eigenvalue weighted by Gasteiger charge is 2.19. The maximum atomic E-state index is 6.33. The van der Waals surface area contributed by atoms with Gasteiger partial charge in [0.25, 0.3) is 0 Å². The predicted octanol–water partition coefficient (Wildman–Crippen LogP) is 2.67. The number of morpholine rings is 1. The molecule has 0 saturated carbocycles. The van der Waals surface area contributed by atoms with E-state index >= 15 is 0 Å². The molecule has 0 bridgehead atoms. The second kappa shape index (κ2) is 6.41. The largest absolute Gasteiger partial charge is 0.377 e. The monoisotopic (exact) mass is 268 g/mol. The van der Waals surface area contributed by atoms with E-state index in [0.717, 1.165) is 43.4 Å². The van der Waals surface area contributed by atoms with E-state index in [4.69, 9.17) is 16.3 Å². The zero-order valence-corrected chi connectivity index (χ0v) is 11.8. The van der Waals surface area contributed by atoms with Gasteiger partial charge in [0.1, 0.15) is 0 Å². The molecule has 1 heterocycles. The van der Waals surface area contributed by atoms with Gasteiger partial charge in [-0.3, -0.25) is 0 Å². The van der Waals surface area contributed by atoms with Gasteiger partial charge in [0, 0.05) is 29.8 Å². The van der Waals surface area contributed by atoms with Crippen LogP contribution in [0.2, 0.25) is 5.02 Å². The Hall–Kier alpha value is -0.770. The van der Waals surface area contributed by atoms with Gasteiger partial charge in [0.05, 0.1) is 13.2 Å². The van der Waals surface area contributed by atoms with Crippen molar-refractivity contribution in [2.45, 2.75) is 26.4 Å². The van der Waals surface area contributed by atoms with Crippen LogP contribution in [0.25, 0.3) is 0 Å². The van der Waals surface area contributed by atoms with Crippen molar-refractivity contribution in [1.29, 1.82) is 0 Å². The molecule has 1 saturated heterocycles. The molecule has 0 aliphatic carbocycles. The average Bonchev–Trinajstić information content (AvgIpc) is 2.38. The van der Waals surface area contributed by atoms with Crippen molar-refractivity contribution in [2.24, 2.45) is 0 Å². The summed E-state index contributed by atoms with van der Waals surface area (Å²) >= 11 is 6.33. The summed E-state index contributed by atoms with van der Waals surface area (Å²) < 4.78 is 5.46. The molecule has 0 amide bonds. The van der Waals surface area contributed by atoms with Crippen molar-refractivity contribution in [3.63, 3.8) is 0 Å². The quantitative estimate of drug-likeness (QED) is 0.909. The highest BCUT2D eigenvalue weighted by molar-refractivity contribution is 6.31. The van der Waals surface area contributed by atoms with Crippen molar-refractivity contribution in [3.05, 3.63) is 28.8 Å². The third-order valence-corrected chi connectivity index (χ3v) is 3.65. The molecule has 1 unspecified atom stereocenters. The standard InChI is InChI=1S/C14H21ClN2O/c1-3-16-9-12-4-5-13(8-14(12)15)17-6-7-18-10-11(17)2/h4-5,8,11,16H,3,6-7,9-10H2,1-2H3. The highest BCUT2D eigenvalue weighted by atomic mass is 35.5. The smallest absolute Gasteiger partial charge is 0.0668 e. The summed E-state index contributed by atoms with van der Waals surface area (Å²) in [6.07, 6.45) is 0. The third-order valence-electron chi connectivity index (χ3n) is 3.30. The minimum atomic E-state index is 0.412. The summed E-state index contributed by atoms with van der Waals surface area (Å²) in [7, 11) is 0. The molecular formula is C14H21ClN2O. The fraction of sp³-hybridized carbons (Fsp3) is 0.571. The minimum absolute atomic E-state index is 0.412. The number of halogens is 1. The topological polar surface area (TPSA) is 24.5 Å². The summed E-state index contributed by atoms with van der Waals surface area (Å²) in [6, 6.07) is 6.74. The molecule has 1 N–H and O–H groups in total. The van der Waals surface area contributed by atoms with Crippen molar-refractivity contribution >= 4 is 17.3 Å². The second-order valence-corrected chi connectivity index (χ2v) is 5.08. The van der Waals surface area contributed by atoms with Gasteiger partial charge >= 0.3 is 0 Å². The van der Waals surface area contributed by atoms with E-state index in [1.54, 1.807) is 0 Å². The zero-order valence-electron chi connectivity index (χ0n) is 11.1. The second-order valence-electron chi connectivity index (χ2n) is 4.67. The van der Waals surface area contributed by atoms with E-state index in [2.05, 4.69) is 42.3 Å². The first-order chi connectivity index (χ1) is 8.72. The van der Waals surface area contributed by atoms with Crippen LogP contribution in [0.15, 0.2) is 18.2 Å². The number of nitrogens with zero attached hydrogens (tertiary/aromatic N) is 1. The highest BCUT2D eigenvalue weighted by Crippen LogP contribution is 2.26. The summed E-state index contributed by atoms with van der Waals surface area (Å²) in [4.78, 5) is 2.35. The fourth-order valence-corrected chi connectivity index (χ4v) is 2.47. The summed E-state index contributed by atoms with van der Waals surface area (Å²) in [5, 5.41) is 4.14. The number of hydrogen-bond donors (Lipinski definition) is 1. The molecule has 18 heavy (non-hydrogen) atoms. The third kappa shape index (κ3) is 3.16. The normalized spacial score (nSPS) is 20.2. The lowest BCUT2D eigenvalue weighted by atomic mass is 10.1. The van der Waals surface area contributed by atoms with Gasteiger partial charge in [0.2, 0.25) is 0 Å². The van der Waals surface area contributed by atoms with E-state index in [9.17, 15) is 0 Å². The van der Waals surface area contributed by atoms with E-state index < -0.39 is 0 Å². The number of benzene rings is 1. The van der Waals surface area contributed by atoms with Gasteiger partial charge < -0.3 is 15.0 Å². The lowest BCUT2D eigenvalue weighted by molar-refractivity contribution is 0.0989. The minimum Gasteiger partial charge on any atom is -0.377 e. The maximum absolute atomic E-state index is 6.33. The molecule has 0 aromatic heterocycles. The van der Waals surface area contributed by atoms with Crippen molar-refractivity contribution in [2.75, 3.05) is 31.2 Å². The summed E-state index contributed by atoms with van der Waals surface area (Å²) in [6.45, 7) is 8.58. The van der Waals surface area contributed by atoms with Crippen LogP contribution in [0, 0.1) is 0 Å². The Morgan fingerprint density at radius 1 is 1.50 bits per heavy atom. The Kier molecular flexibility index (Phi) is 4.87. The molecule has 1 aromatic carbocycles. The van der Waals surface area contributed by atoms with Gasteiger partial charge in [0.15, 0.2) is 0 Å². The molecule has 1 aromatic rings. The average molecular weight is 269 g/mol. The van der Waals surface area contributed by atoms with Gasteiger partial charge in [-0.25, -0.2) is 0 Å². The van der Waals surface area contributed by atoms with E-state index in [-0.39, 0.29) is 0 Å². The van der Waals surface area contributed by atoms with E-state index in [0.29, 0.717) is 6.04 Å². The molecule has 1 fully saturated rings. The molecular weight excluding hydrogens is 248 g/mol. The maximum Gasteiger partial charge on any atom is 0.0668 e. The van der Waals surface area contributed by atoms with E-state index in [1.807, 2.05) is 0 Å². The van der Waals surface area contributed by atoms with Gasteiger partial charge in [-0.2, -0.15) is 0 Å². The molecule has 0 radical (unpaired) electrons. The Bertz CT molecular complexity index is 397. The van der Waals surface area contributed by atoms with Crippen LogP contribution >= 0.6 is 11.6 Å². The number of nitrogens with one attached hydrogen (secondary N) is 1. The van der Waals surface area contributed by atoms with Crippen molar-refractivity contribution in [3.8, 4) is 0 Å². The lowest BCUT2D eigenvalue weighted by Crippen LogP contribution is -2.43. The molecule has 4 heteroatoms. The Morgan fingerprint density at radius 3 is 3.00 bits per heavy atom. The van der Waals surface area contributed by atoms with Crippen LogP contribution in [0.5, 0.6) is 0 Å². The first-order valence-corrected chi connectivity index (χ1v) is 6.93. The zero-order chi connectivity index (χ0) is 13.0. The lowest BCUT2D eigenvalue weighted by Gasteiger charge is -2.35. The molecule has 1 aliphatic heterocycles. The Morgan fingerprint density at radius 2 is 2.33 bits per heavy atom. The number of hydrogen-bond acceptors (Lipinski definition) is 3. The first-order valence-electron chi connectivity index (χ1n) is 6.56. The predicted molar refractivity (Wildman–Crippen MR) is 76.5 cm³/mol. The Balaban J connectivity index is 2.12. The van der Waals surface area contributed by atoms with Crippen LogP contribution in [-0.4, -0.2) is 32.3 Å². The summed E-state index contributed by atoms with van der Waals surface area (Å²) in [5.74, 6) is 0. The fourth-order valence-electron chi connectivity index (χ4n) is 2.23. The first kappa shape index (κ1) is 13.7. The molecule has 100 valence electrons. The summed E-state index contributed by atoms with van der Waals surface area (Å²) in [5.41, 5.74) is 2.35. The van der Waals surface area contributed by atoms with Crippen molar-refractivity contribution in [1.82, 2.24) is 5.32 Å². The van der Waals surface area contributed by atoms with E-state index in [1.165, 1.54) is 5.69 Å². The Labute approximate surface area is 114 Å². The number of rotatable bonds is 4. The number of anilines is 1. The molecule has 3 nitrogen and oxygen atoms in total.